The number of hydrogen-bond donors (Lipinski definition) is 2. The van der Waals surface area contributed by atoms with Gasteiger partial charge in [0, 0.05) is 0 Å². The number of nitrogens with zero attached hydrogens (tertiary/aromatic N) is 1. The average molecular weight is 237 g/mol. The second-order valence-corrected chi connectivity index (χ2v) is 3.78. The van der Waals surface area contributed by atoms with Crippen LogP contribution < -0.4 is 0 Å². The summed E-state index contributed by atoms with van der Waals surface area (Å²) < 4.78 is 0. The molecular weight excluding hydrogens is 226 g/mol. The molecule has 0 amide bonds. The zero-order valence-corrected chi connectivity index (χ0v) is 9.54. The molecule has 0 atom stereocenters. The van der Waals surface area contributed by atoms with Crippen molar-refractivity contribution in [3.63, 3.8) is 0 Å². The summed E-state index contributed by atoms with van der Waals surface area (Å²) >= 11 is 0. The first kappa shape index (κ1) is 11.7. The van der Waals surface area contributed by atoms with E-state index in [1.807, 2.05) is 30.3 Å². The lowest BCUT2D eigenvalue weighted by atomic mass is 10.0. The monoisotopic (exact) mass is 237 g/mol. The SMILES string of the molecule is N#C/C(=C/c1ccc(O)c(O)c1)c1ccccc1. The summed E-state index contributed by atoms with van der Waals surface area (Å²) in [6, 6.07) is 15.8. The first-order chi connectivity index (χ1) is 8.70. The standard InChI is InChI=1S/C15H11NO2/c16-10-13(12-4-2-1-3-5-12)8-11-6-7-14(17)15(18)9-11/h1-9,17-18H/b13-8-. The zero-order valence-electron chi connectivity index (χ0n) is 9.54. The summed E-state index contributed by atoms with van der Waals surface area (Å²) in [5, 5.41) is 27.7. The fourth-order valence-electron chi connectivity index (χ4n) is 1.59. The normalized spacial score (nSPS) is 10.9. The van der Waals surface area contributed by atoms with E-state index in [-0.39, 0.29) is 11.5 Å². The van der Waals surface area contributed by atoms with E-state index in [0.29, 0.717) is 11.1 Å². The van der Waals surface area contributed by atoms with E-state index in [2.05, 4.69) is 6.07 Å². The molecule has 3 heteroatoms. The van der Waals surface area contributed by atoms with Crippen molar-refractivity contribution < 1.29 is 10.2 Å². The third kappa shape index (κ3) is 2.50. The van der Waals surface area contributed by atoms with E-state index >= 15 is 0 Å². The molecule has 0 aliphatic heterocycles. The lowest BCUT2D eigenvalue weighted by Crippen LogP contribution is -1.81. The van der Waals surface area contributed by atoms with Crippen LogP contribution in [0.1, 0.15) is 11.1 Å². The van der Waals surface area contributed by atoms with Gasteiger partial charge in [0.25, 0.3) is 0 Å². The number of phenols is 2. The molecule has 2 aromatic carbocycles. The molecule has 2 rings (SSSR count). The number of rotatable bonds is 2. The molecule has 18 heavy (non-hydrogen) atoms. The summed E-state index contributed by atoms with van der Waals surface area (Å²) in [5.74, 6) is -0.375. The van der Waals surface area contributed by atoms with Crippen molar-refractivity contribution in [2.75, 3.05) is 0 Å². The lowest BCUT2D eigenvalue weighted by Gasteiger charge is -2.01. The van der Waals surface area contributed by atoms with Crippen LogP contribution in [0.5, 0.6) is 11.5 Å². The van der Waals surface area contributed by atoms with Crippen LogP contribution in [0.15, 0.2) is 48.5 Å². The maximum Gasteiger partial charge on any atom is 0.157 e. The molecule has 2 N–H and O–H groups in total. The molecule has 2 aromatic rings. The van der Waals surface area contributed by atoms with Crippen LogP contribution in [-0.4, -0.2) is 10.2 Å². The van der Waals surface area contributed by atoms with Gasteiger partial charge in [-0.15, -0.1) is 0 Å². The maximum absolute atomic E-state index is 9.39. The molecule has 3 nitrogen and oxygen atoms in total. The Morgan fingerprint density at radius 1 is 1.00 bits per heavy atom. The second kappa shape index (κ2) is 5.07. The summed E-state index contributed by atoms with van der Waals surface area (Å²) in [6.07, 6.45) is 1.66. The Balaban J connectivity index is 2.42. The number of benzene rings is 2. The van der Waals surface area contributed by atoms with Gasteiger partial charge in [-0.1, -0.05) is 36.4 Å². The van der Waals surface area contributed by atoms with Gasteiger partial charge in [0.15, 0.2) is 11.5 Å². The highest BCUT2D eigenvalue weighted by Crippen LogP contribution is 2.27. The van der Waals surface area contributed by atoms with E-state index < -0.39 is 0 Å². The van der Waals surface area contributed by atoms with Gasteiger partial charge >= 0.3 is 0 Å². The summed E-state index contributed by atoms with van der Waals surface area (Å²) in [6.45, 7) is 0. The van der Waals surface area contributed by atoms with Gasteiger partial charge in [-0.3, -0.25) is 0 Å². The minimum atomic E-state index is -0.200. The Kier molecular flexibility index (Phi) is 3.31. The Morgan fingerprint density at radius 2 is 1.72 bits per heavy atom. The molecule has 0 saturated carbocycles. The molecule has 0 heterocycles. The predicted molar refractivity (Wildman–Crippen MR) is 69.7 cm³/mol. The Bertz CT molecular complexity index is 625. The van der Waals surface area contributed by atoms with Gasteiger partial charge in [0.2, 0.25) is 0 Å². The van der Waals surface area contributed by atoms with E-state index in [1.54, 1.807) is 12.1 Å². The third-order valence-electron chi connectivity index (χ3n) is 2.52. The second-order valence-electron chi connectivity index (χ2n) is 3.78. The molecule has 0 bridgehead atoms. The highest BCUT2D eigenvalue weighted by atomic mass is 16.3. The van der Waals surface area contributed by atoms with Crippen LogP contribution in [0.4, 0.5) is 0 Å². The van der Waals surface area contributed by atoms with Gasteiger partial charge in [-0.05, 0) is 29.3 Å². The zero-order chi connectivity index (χ0) is 13.0. The Hall–Kier alpha value is -2.73. The molecule has 88 valence electrons. The van der Waals surface area contributed by atoms with E-state index in [9.17, 15) is 10.2 Å². The minimum Gasteiger partial charge on any atom is -0.504 e. The number of allylic oxidation sites excluding steroid dienone is 1. The van der Waals surface area contributed by atoms with Crippen molar-refractivity contribution in [1.29, 1.82) is 5.26 Å². The smallest absolute Gasteiger partial charge is 0.157 e. The molecule has 0 unspecified atom stereocenters. The number of nitriles is 1. The van der Waals surface area contributed by atoms with Gasteiger partial charge in [-0.2, -0.15) is 5.26 Å². The number of phenolic OH excluding ortho intramolecular Hbond substituents is 2. The third-order valence-corrected chi connectivity index (χ3v) is 2.52. The van der Waals surface area contributed by atoms with Gasteiger partial charge < -0.3 is 10.2 Å². The van der Waals surface area contributed by atoms with Crippen LogP contribution in [0.2, 0.25) is 0 Å². The molecule has 0 spiro atoms. The Morgan fingerprint density at radius 3 is 2.33 bits per heavy atom. The van der Waals surface area contributed by atoms with Crippen molar-refractivity contribution in [1.82, 2.24) is 0 Å². The molecular formula is C15H11NO2. The fraction of sp³-hybridized carbons (Fsp3) is 0. The van der Waals surface area contributed by atoms with Crippen LogP contribution in [0.25, 0.3) is 11.6 Å². The quantitative estimate of drug-likeness (QED) is 0.479. The summed E-state index contributed by atoms with van der Waals surface area (Å²) in [4.78, 5) is 0. The highest BCUT2D eigenvalue weighted by Gasteiger charge is 2.02. The fourth-order valence-corrected chi connectivity index (χ4v) is 1.59. The van der Waals surface area contributed by atoms with Gasteiger partial charge in [0.05, 0.1) is 11.6 Å². The van der Waals surface area contributed by atoms with Crippen LogP contribution in [0, 0.1) is 11.3 Å². The van der Waals surface area contributed by atoms with Crippen molar-refractivity contribution in [2.24, 2.45) is 0 Å². The predicted octanol–water partition coefficient (Wildman–Crippen LogP) is 3.16. The maximum atomic E-state index is 9.39. The molecule has 0 radical (unpaired) electrons. The van der Waals surface area contributed by atoms with Crippen LogP contribution in [0.3, 0.4) is 0 Å². The molecule has 0 fully saturated rings. The molecule has 0 aliphatic rings. The van der Waals surface area contributed by atoms with E-state index in [0.717, 1.165) is 5.56 Å². The summed E-state index contributed by atoms with van der Waals surface area (Å²) in [7, 11) is 0. The van der Waals surface area contributed by atoms with Crippen LogP contribution in [-0.2, 0) is 0 Å². The number of aromatic hydroxyl groups is 2. The largest absolute Gasteiger partial charge is 0.504 e. The van der Waals surface area contributed by atoms with Crippen molar-refractivity contribution >= 4 is 11.6 Å². The first-order valence-corrected chi connectivity index (χ1v) is 5.40. The average Bonchev–Trinajstić information content (AvgIpc) is 2.41. The topological polar surface area (TPSA) is 64.2 Å². The molecule has 0 aliphatic carbocycles. The molecule has 0 aromatic heterocycles. The summed E-state index contributed by atoms with van der Waals surface area (Å²) in [5.41, 5.74) is 1.97. The van der Waals surface area contributed by atoms with Crippen molar-refractivity contribution in [2.45, 2.75) is 0 Å². The minimum absolute atomic E-state index is 0.176. The lowest BCUT2D eigenvalue weighted by molar-refractivity contribution is 0.403. The van der Waals surface area contributed by atoms with E-state index in [4.69, 9.17) is 5.26 Å². The highest BCUT2D eigenvalue weighted by molar-refractivity contribution is 5.89. The van der Waals surface area contributed by atoms with Gasteiger partial charge in [0.1, 0.15) is 0 Å². The van der Waals surface area contributed by atoms with E-state index in [1.165, 1.54) is 12.1 Å². The van der Waals surface area contributed by atoms with Crippen molar-refractivity contribution in [3.8, 4) is 17.6 Å². The van der Waals surface area contributed by atoms with Crippen molar-refractivity contribution in [3.05, 3.63) is 59.7 Å². The van der Waals surface area contributed by atoms with Crippen LogP contribution >= 0.6 is 0 Å². The van der Waals surface area contributed by atoms with Gasteiger partial charge in [-0.25, -0.2) is 0 Å². The first-order valence-electron chi connectivity index (χ1n) is 5.40. The molecule has 0 saturated heterocycles. The Labute approximate surface area is 105 Å². The number of hydrogen-bond acceptors (Lipinski definition) is 3.